The summed E-state index contributed by atoms with van der Waals surface area (Å²) in [4.78, 5) is 29.8. The van der Waals surface area contributed by atoms with Crippen molar-refractivity contribution < 1.29 is 9.59 Å². The largest absolute Gasteiger partial charge is 0.335 e. The number of anilines is 1. The molecule has 3 unspecified atom stereocenters. The molecular formula is C18H22BrN3O2. The molecule has 3 heterocycles. The lowest BCUT2D eigenvalue weighted by Gasteiger charge is -2.30. The fourth-order valence-corrected chi connectivity index (χ4v) is 4.72. The van der Waals surface area contributed by atoms with Crippen molar-refractivity contribution in [1.82, 2.24) is 10.2 Å². The zero-order valence-corrected chi connectivity index (χ0v) is 15.2. The van der Waals surface area contributed by atoms with Crippen LogP contribution in [-0.4, -0.2) is 48.4 Å². The van der Waals surface area contributed by atoms with E-state index in [1.165, 1.54) is 0 Å². The standard InChI is InChI=1S/C18H22BrN3O2/c19-12-2-1-3-14(10-12)21-9-7-16(17(21)23)18(24)22-13-4-5-15(22)11-20-8-6-13/h1-3,10,13,15-16,20H,4-9,11H2. The van der Waals surface area contributed by atoms with E-state index in [0.717, 1.165) is 42.5 Å². The third-order valence-corrected chi connectivity index (χ3v) is 6.03. The van der Waals surface area contributed by atoms with Gasteiger partial charge in [-0.25, -0.2) is 0 Å². The first kappa shape index (κ1) is 16.1. The predicted molar refractivity (Wildman–Crippen MR) is 95.7 cm³/mol. The fraction of sp³-hybridized carbons (Fsp3) is 0.556. The van der Waals surface area contributed by atoms with Crippen molar-refractivity contribution in [3.05, 3.63) is 28.7 Å². The lowest BCUT2D eigenvalue weighted by atomic mass is 10.0. The molecule has 3 saturated heterocycles. The van der Waals surface area contributed by atoms with E-state index < -0.39 is 5.92 Å². The second kappa shape index (κ2) is 6.48. The molecular weight excluding hydrogens is 370 g/mol. The van der Waals surface area contributed by atoms with Gasteiger partial charge >= 0.3 is 0 Å². The van der Waals surface area contributed by atoms with E-state index in [9.17, 15) is 9.59 Å². The zero-order valence-electron chi connectivity index (χ0n) is 13.6. The molecule has 4 rings (SSSR count). The minimum atomic E-state index is -0.509. The summed E-state index contributed by atoms with van der Waals surface area (Å²) in [5, 5.41) is 3.41. The van der Waals surface area contributed by atoms with Crippen LogP contribution in [0.15, 0.2) is 28.7 Å². The molecule has 6 heteroatoms. The van der Waals surface area contributed by atoms with Crippen molar-refractivity contribution in [2.75, 3.05) is 24.5 Å². The Morgan fingerprint density at radius 3 is 2.83 bits per heavy atom. The molecule has 0 spiro atoms. The number of halogens is 1. The Kier molecular flexibility index (Phi) is 4.35. The molecule has 3 aliphatic heterocycles. The molecule has 0 saturated carbocycles. The Balaban J connectivity index is 1.53. The Bertz CT molecular complexity index is 651. The van der Waals surface area contributed by atoms with E-state index in [4.69, 9.17) is 0 Å². The van der Waals surface area contributed by atoms with Gasteiger partial charge in [0.2, 0.25) is 11.8 Å². The Labute approximate surface area is 150 Å². The zero-order chi connectivity index (χ0) is 16.7. The number of nitrogens with zero attached hydrogens (tertiary/aromatic N) is 2. The summed E-state index contributed by atoms with van der Waals surface area (Å²) >= 11 is 3.45. The average Bonchev–Trinajstić information content (AvgIpc) is 3.05. The minimum Gasteiger partial charge on any atom is -0.335 e. The molecule has 2 bridgehead atoms. The SMILES string of the molecule is O=C1C(C(=O)N2C3CCNCC2CC3)CCN1c1cccc(Br)c1. The smallest absolute Gasteiger partial charge is 0.239 e. The second-order valence-electron chi connectivity index (χ2n) is 6.93. The highest BCUT2D eigenvalue weighted by atomic mass is 79.9. The van der Waals surface area contributed by atoms with Crippen LogP contribution in [0.2, 0.25) is 0 Å². The molecule has 5 nitrogen and oxygen atoms in total. The maximum absolute atomic E-state index is 13.1. The van der Waals surface area contributed by atoms with Gasteiger partial charge in [-0.05, 0) is 50.4 Å². The van der Waals surface area contributed by atoms with Crippen molar-refractivity contribution >= 4 is 33.4 Å². The number of carbonyl (C=O) groups excluding carboxylic acids is 2. The molecule has 0 aliphatic carbocycles. The van der Waals surface area contributed by atoms with E-state index in [2.05, 4.69) is 21.2 Å². The summed E-state index contributed by atoms with van der Waals surface area (Å²) in [6.07, 6.45) is 3.75. The van der Waals surface area contributed by atoms with Gasteiger partial charge in [0, 0.05) is 35.3 Å². The van der Waals surface area contributed by atoms with Crippen LogP contribution in [0.5, 0.6) is 0 Å². The number of hydrogen-bond acceptors (Lipinski definition) is 3. The predicted octanol–water partition coefficient (Wildman–Crippen LogP) is 2.15. The van der Waals surface area contributed by atoms with Gasteiger partial charge < -0.3 is 15.1 Å². The van der Waals surface area contributed by atoms with E-state index in [1.807, 2.05) is 29.2 Å². The first-order valence-electron chi connectivity index (χ1n) is 8.75. The summed E-state index contributed by atoms with van der Waals surface area (Å²) < 4.78 is 0.944. The third kappa shape index (κ3) is 2.75. The highest BCUT2D eigenvalue weighted by molar-refractivity contribution is 9.10. The van der Waals surface area contributed by atoms with Crippen molar-refractivity contribution in [1.29, 1.82) is 0 Å². The molecule has 1 aromatic carbocycles. The first-order chi connectivity index (χ1) is 11.6. The molecule has 3 fully saturated rings. The van der Waals surface area contributed by atoms with E-state index >= 15 is 0 Å². The number of carbonyl (C=O) groups is 2. The van der Waals surface area contributed by atoms with Crippen molar-refractivity contribution in [3.63, 3.8) is 0 Å². The van der Waals surface area contributed by atoms with Crippen molar-refractivity contribution in [3.8, 4) is 0 Å². The van der Waals surface area contributed by atoms with Gasteiger partial charge in [-0.3, -0.25) is 9.59 Å². The summed E-state index contributed by atoms with van der Waals surface area (Å²) in [6.45, 7) is 2.44. The molecule has 0 radical (unpaired) electrons. The molecule has 128 valence electrons. The first-order valence-corrected chi connectivity index (χ1v) is 9.54. The average molecular weight is 392 g/mol. The highest BCUT2D eigenvalue weighted by Crippen LogP contribution is 2.33. The van der Waals surface area contributed by atoms with Gasteiger partial charge in [-0.1, -0.05) is 22.0 Å². The maximum atomic E-state index is 13.1. The molecule has 3 atom stereocenters. The molecule has 2 amide bonds. The Morgan fingerprint density at radius 1 is 1.17 bits per heavy atom. The highest BCUT2D eigenvalue weighted by Gasteiger charge is 2.45. The number of nitrogens with one attached hydrogen (secondary N) is 1. The van der Waals surface area contributed by atoms with Crippen LogP contribution in [0.4, 0.5) is 5.69 Å². The molecule has 0 aromatic heterocycles. The molecule has 1 N–H and O–H groups in total. The van der Waals surface area contributed by atoms with Gasteiger partial charge in [0.25, 0.3) is 0 Å². The van der Waals surface area contributed by atoms with Crippen LogP contribution in [0, 0.1) is 5.92 Å². The van der Waals surface area contributed by atoms with Crippen LogP contribution >= 0.6 is 15.9 Å². The number of hydrogen-bond donors (Lipinski definition) is 1. The van der Waals surface area contributed by atoms with Crippen LogP contribution in [0.1, 0.15) is 25.7 Å². The van der Waals surface area contributed by atoms with Gasteiger partial charge in [-0.15, -0.1) is 0 Å². The Hall–Kier alpha value is -1.40. The summed E-state index contributed by atoms with van der Waals surface area (Å²) in [6, 6.07) is 8.29. The normalized spacial score (nSPS) is 29.9. The van der Waals surface area contributed by atoms with Crippen LogP contribution in [0.3, 0.4) is 0 Å². The molecule has 1 aromatic rings. The third-order valence-electron chi connectivity index (χ3n) is 5.53. The lowest BCUT2D eigenvalue weighted by Crippen LogP contribution is -2.47. The monoisotopic (exact) mass is 391 g/mol. The minimum absolute atomic E-state index is 0.0466. The quantitative estimate of drug-likeness (QED) is 0.785. The van der Waals surface area contributed by atoms with E-state index in [1.54, 1.807) is 4.90 Å². The van der Waals surface area contributed by atoms with Crippen LogP contribution < -0.4 is 10.2 Å². The topological polar surface area (TPSA) is 52.7 Å². The van der Waals surface area contributed by atoms with Crippen LogP contribution in [0.25, 0.3) is 0 Å². The molecule has 3 aliphatic rings. The number of rotatable bonds is 2. The number of benzene rings is 1. The Morgan fingerprint density at radius 2 is 2.00 bits per heavy atom. The summed E-state index contributed by atoms with van der Waals surface area (Å²) in [7, 11) is 0. The van der Waals surface area contributed by atoms with E-state index in [0.29, 0.717) is 19.0 Å². The lowest BCUT2D eigenvalue weighted by molar-refractivity contribution is -0.142. The number of amides is 2. The maximum Gasteiger partial charge on any atom is 0.239 e. The van der Waals surface area contributed by atoms with Crippen molar-refractivity contribution in [2.24, 2.45) is 5.92 Å². The summed E-state index contributed by atoms with van der Waals surface area (Å²) in [5.41, 5.74) is 0.866. The fourth-order valence-electron chi connectivity index (χ4n) is 4.33. The van der Waals surface area contributed by atoms with Crippen LogP contribution in [-0.2, 0) is 9.59 Å². The summed E-state index contributed by atoms with van der Waals surface area (Å²) in [5.74, 6) is -0.506. The van der Waals surface area contributed by atoms with Crippen molar-refractivity contribution in [2.45, 2.75) is 37.8 Å². The van der Waals surface area contributed by atoms with Gasteiger partial charge in [0.1, 0.15) is 5.92 Å². The second-order valence-corrected chi connectivity index (χ2v) is 7.85. The number of fused-ring (bicyclic) bond motifs is 2. The van der Waals surface area contributed by atoms with Gasteiger partial charge in [-0.2, -0.15) is 0 Å². The van der Waals surface area contributed by atoms with E-state index in [-0.39, 0.29) is 17.9 Å². The van der Waals surface area contributed by atoms with Gasteiger partial charge in [0.15, 0.2) is 0 Å². The molecule has 24 heavy (non-hydrogen) atoms. The van der Waals surface area contributed by atoms with Gasteiger partial charge in [0.05, 0.1) is 0 Å².